The second-order valence-corrected chi connectivity index (χ2v) is 4.90. The molecule has 2 aromatic heterocycles. The lowest BCUT2D eigenvalue weighted by Gasteiger charge is -2.02. The van der Waals surface area contributed by atoms with Gasteiger partial charge in [-0.3, -0.25) is 4.40 Å². The average Bonchev–Trinajstić information content (AvgIpc) is 2.93. The Hall–Kier alpha value is -2.14. The lowest BCUT2D eigenvalue weighted by Crippen LogP contribution is -2.02. The summed E-state index contributed by atoms with van der Waals surface area (Å²) in [5, 5.41) is 9.23. The number of carboxylic acids is 1. The van der Waals surface area contributed by atoms with Crippen LogP contribution in [-0.4, -0.2) is 20.5 Å². The number of benzene rings is 1. The molecule has 90 valence electrons. The maximum Gasteiger partial charge on any atom is 0.347 e. The van der Waals surface area contributed by atoms with Crippen molar-refractivity contribution in [2.75, 3.05) is 0 Å². The molecule has 0 amide bonds. The molecule has 0 aliphatic heterocycles. The molecular formula is C13H10N2O2S. The van der Waals surface area contributed by atoms with E-state index in [-0.39, 0.29) is 0 Å². The predicted molar refractivity (Wildman–Crippen MR) is 69.3 cm³/mol. The highest BCUT2D eigenvalue weighted by molar-refractivity contribution is 7.18. The van der Waals surface area contributed by atoms with Crippen molar-refractivity contribution in [1.82, 2.24) is 9.38 Å². The Balaban J connectivity index is 2.11. The van der Waals surface area contributed by atoms with Crippen LogP contribution in [0, 0.1) is 0 Å². The van der Waals surface area contributed by atoms with E-state index in [0.29, 0.717) is 11.3 Å². The Morgan fingerprint density at radius 1 is 1.33 bits per heavy atom. The number of fused-ring (bicyclic) bond motifs is 1. The van der Waals surface area contributed by atoms with Gasteiger partial charge < -0.3 is 5.11 Å². The fourth-order valence-electron chi connectivity index (χ4n) is 1.95. The number of nitrogens with zero attached hydrogens (tertiary/aromatic N) is 2. The summed E-state index contributed by atoms with van der Waals surface area (Å²) in [5.41, 5.74) is 1.87. The van der Waals surface area contributed by atoms with Crippen LogP contribution in [-0.2, 0) is 6.42 Å². The number of carbonyl (C=O) groups is 1. The van der Waals surface area contributed by atoms with E-state index in [4.69, 9.17) is 0 Å². The number of aromatic nitrogens is 2. The van der Waals surface area contributed by atoms with Crippen LogP contribution in [0.15, 0.2) is 42.7 Å². The number of thiazole rings is 1. The van der Waals surface area contributed by atoms with Gasteiger partial charge in [-0.25, -0.2) is 9.78 Å². The molecule has 0 bridgehead atoms. The van der Waals surface area contributed by atoms with E-state index >= 15 is 0 Å². The Morgan fingerprint density at radius 3 is 2.83 bits per heavy atom. The van der Waals surface area contributed by atoms with Crippen LogP contribution in [0.5, 0.6) is 0 Å². The second-order valence-electron chi connectivity index (χ2n) is 3.93. The molecule has 3 rings (SSSR count). The van der Waals surface area contributed by atoms with Gasteiger partial charge in [-0.05, 0) is 5.56 Å². The van der Waals surface area contributed by atoms with E-state index < -0.39 is 5.97 Å². The minimum atomic E-state index is -0.892. The van der Waals surface area contributed by atoms with Gasteiger partial charge in [0.05, 0.1) is 5.69 Å². The monoisotopic (exact) mass is 258 g/mol. The number of rotatable bonds is 3. The molecule has 0 aliphatic rings. The molecule has 2 heterocycles. The second kappa shape index (κ2) is 4.27. The maximum absolute atomic E-state index is 11.2. The fraction of sp³-hybridized carbons (Fsp3) is 0.0769. The quantitative estimate of drug-likeness (QED) is 0.785. The van der Waals surface area contributed by atoms with E-state index in [1.807, 2.05) is 34.7 Å². The SMILES string of the molecule is O=C(O)c1sc2nccn2c1Cc1ccccc1. The smallest absolute Gasteiger partial charge is 0.347 e. The van der Waals surface area contributed by atoms with Crippen LogP contribution in [0.2, 0.25) is 0 Å². The van der Waals surface area contributed by atoms with Gasteiger partial charge in [0.25, 0.3) is 0 Å². The molecule has 0 fully saturated rings. The molecule has 1 aromatic carbocycles. The fourth-order valence-corrected chi connectivity index (χ4v) is 2.89. The highest BCUT2D eigenvalue weighted by Gasteiger charge is 2.18. The maximum atomic E-state index is 11.2. The summed E-state index contributed by atoms with van der Waals surface area (Å²) in [6.07, 6.45) is 4.08. The number of hydrogen-bond acceptors (Lipinski definition) is 3. The molecule has 4 nitrogen and oxygen atoms in total. The number of hydrogen-bond donors (Lipinski definition) is 1. The molecule has 0 spiro atoms. The first-order valence-corrected chi connectivity index (χ1v) is 6.29. The Kier molecular flexibility index (Phi) is 2.60. The molecule has 5 heteroatoms. The molecule has 1 N–H and O–H groups in total. The molecule has 0 saturated carbocycles. The van der Waals surface area contributed by atoms with Crippen molar-refractivity contribution in [2.45, 2.75) is 6.42 Å². The first-order valence-electron chi connectivity index (χ1n) is 5.47. The largest absolute Gasteiger partial charge is 0.477 e. The van der Waals surface area contributed by atoms with Gasteiger partial charge in [0.2, 0.25) is 0 Å². The summed E-state index contributed by atoms with van der Waals surface area (Å²) in [7, 11) is 0. The van der Waals surface area contributed by atoms with Gasteiger partial charge in [-0.2, -0.15) is 0 Å². The minimum absolute atomic E-state index is 0.363. The summed E-state index contributed by atoms with van der Waals surface area (Å²) >= 11 is 1.21. The number of carboxylic acid groups (broad SMARTS) is 1. The minimum Gasteiger partial charge on any atom is -0.477 e. The summed E-state index contributed by atoms with van der Waals surface area (Å²) in [6.45, 7) is 0. The van der Waals surface area contributed by atoms with Crippen LogP contribution in [0.3, 0.4) is 0 Å². The number of imidazole rings is 1. The van der Waals surface area contributed by atoms with Gasteiger partial charge in [0, 0.05) is 18.8 Å². The highest BCUT2D eigenvalue weighted by Crippen LogP contribution is 2.24. The number of aromatic carboxylic acids is 1. The Morgan fingerprint density at radius 2 is 2.11 bits per heavy atom. The lowest BCUT2D eigenvalue weighted by atomic mass is 10.1. The van der Waals surface area contributed by atoms with Gasteiger partial charge >= 0.3 is 5.97 Å². The summed E-state index contributed by atoms with van der Waals surface area (Å²) in [4.78, 5) is 16.5. The van der Waals surface area contributed by atoms with Gasteiger partial charge in [-0.15, -0.1) is 0 Å². The molecule has 0 aliphatic carbocycles. The van der Waals surface area contributed by atoms with E-state index in [9.17, 15) is 9.90 Å². The van der Waals surface area contributed by atoms with Crippen molar-refractivity contribution in [1.29, 1.82) is 0 Å². The lowest BCUT2D eigenvalue weighted by molar-refractivity contribution is 0.0700. The van der Waals surface area contributed by atoms with E-state index in [2.05, 4.69) is 4.98 Å². The van der Waals surface area contributed by atoms with Crippen LogP contribution >= 0.6 is 11.3 Å². The van der Waals surface area contributed by atoms with E-state index in [0.717, 1.165) is 16.2 Å². The topological polar surface area (TPSA) is 54.6 Å². The third kappa shape index (κ3) is 1.78. The summed E-state index contributed by atoms with van der Waals surface area (Å²) in [5.74, 6) is -0.892. The average molecular weight is 258 g/mol. The van der Waals surface area contributed by atoms with E-state index in [1.54, 1.807) is 12.4 Å². The van der Waals surface area contributed by atoms with Crippen molar-refractivity contribution in [3.63, 3.8) is 0 Å². The van der Waals surface area contributed by atoms with Crippen molar-refractivity contribution in [3.05, 3.63) is 58.9 Å². The van der Waals surface area contributed by atoms with Gasteiger partial charge in [0.1, 0.15) is 4.88 Å². The summed E-state index contributed by atoms with van der Waals surface area (Å²) in [6, 6.07) is 9.83. The molecule has 0 atom stereocenters. The van der Waals surface area contributed by atoms with Crippen molar-refractivity contribution in [2.24, 2.45) is 0 Å². The van der Waals surface area contributed by atoms with Crippen molar-refractivity contribution < 1.29 is 9.90 Å². The third-order valence-corrected chi connectivity index (χ3v) is 3.86. The Labute approximate surface area is 107 Å². The van der Waals surface area contributed by atoms with Crippen molar-refractivity contribution >= 4 is 22.3 Å². The zero-order valence-corrected chi connectivity index (χ0v) is 10.2. The van der Waals surface area contributed by atoms with Crippen LogP contribution in [0.4, 0.5) is 0 Å². The predicted octanol–water partition coefficient (Wildman–Crippen LogP) is 2.68. The molecule has 0 radical (unpaired) electrons. The molecule has 0 saturated heterocycles. The van der Waals surface area contributed by atoms with Gasteiger partial charge in [0.15, 0.2) is 4.96 Å². The first-order chi connectivity index (χ1) is 8.75. The van der Waals surface area contributed by atoms with Crippen LogP contribution < -0.4 is 0 Å². The van der Waals surface area contributed by atoms with Gasteiger partial charge in [-0.1, -0.05) is 41.7 Å². The Bertz CT molecular complexity index is 700. The first kappa shape index (κ1) is 11.0. The van der Waals surface area contributed by atoms with E-state index in [1.165, 1.54) is 11.3 Å². The zero-order chi connectivity index (χ0) is 12.5. The molecule has 0 unspecified atom stereocenters. The third-order valence-electron chi connectivity index (χ3n) is 2.76. The van der Waals surface area contributed by atoms with Crippen molar-refractivity contribution in [3.8, 4) is 0 Å². The van der Waals surface area contributed by atoms with Crippen LogP contribution in [0.1, 0.15) is 20.9 Å². The summed E-state index contributed by atoms with van der Waals surface area (Å²) < 4.78 is 1.85. The zero-order valence-electron chi connectivity index (χ0n) is 9.41. The normalized spacial score (nSPS) is 10.9. The molecular weight excluding hydrogens is 248 g/mol. The molecule has 3 aromatic rings. The molecule has 18 heavy (non-hydrogen) atoms. The van der Waals surface area contributed by atoms with Crippen LogP contribution in [0.25, 0.3) is 4.96 Å². The standard InChI is InChI=1S/C13H10N2O2S/c16-12(17)11-10(8-9-4-2-1-3-5-9)15-7-6-14-13(15)18-11/h1-7H,8H2,(H,16,17). The highest BCUT2D eigenvalue weighted by atomic mass is 32.1.